The van der Waals surface area contributed by atoms with Crippen LogP contribution >= 0.6 is 0 Å². The van der Waals surface area contributed by atoms with Gasteiger partial charge in [-0.3, -0.25) is 0 Å². The molecule has 0 spiro atoms. The molecular weight excluding hydrogens is 154 g/mol. The van der Waals surface area contributed by atoms with Crippen molar-refractivity contribution < 1.29 is 9.84 Å². The van der Waals surface area contributed by atoms with Crippen molar-refractivity contribution in [3.63, 3.8) is 0 Å². The first kappa shape index (κ1) is 9.96. The SMILES string of the molecule is CCC(O)(CNC1CC1)COC. The highest BCUT2D eigenvalue weighted by molar-refractivity contribution is 4.86. The smallest absolute Gasteiger partial charge is 0.100 e. The molecule has 2 N–H and O–H groups in total. The Balaban J connectivity index is 2.20. The Morgan fingerprint density at radius 2 is 2.25 bits per heavy atom. The van der Waals surface area contributed by atoms with Crippen molar-refractivity contribution >= 4 is 0 Å². The lowest BCUT2D eigenvalue weighted by Gasteiger charge is -2.26. The number of hydrogen-bond donors (Lipinski definition) is 2. The average Bonchev–Trinajstić information content (AvgIpc) is 2.85. The van der Waals surface area contributed by atoms with Gasteiger partial charge in [-0.05, 0) is 19.3 Å². The van der Waals surface area contributed by atoms with Gasteiger partial charge < -0.3 is 15.2 Å². The lowest BCUT2D eigenvalue weighted by molar-refractivity contribution is -0.0326. The average molecular weight is 173 g/mol. The van der Waals surface area contributed by atoms with Crippen molar-refractivity contribution in [2.75, 3.05) is 20.3 Å². The summed E-state index contributed by atoms with van der Waals surface area (Å²) in [5.74, 6) is 0. The molecular formula is C9H19NO2. The first-order valence-corrected chi connectivity index (χ1v) is 4.65. The fourth-order valence-electron chi connectivity index (χ4n) is 1.17. The predicted molar refractivity (Wildman–Crippen MR) is 48.1 cm³/mol. The Labute approximate surface area is 74.1 Å². The van der Waals surface area contributed by atoms with E-state index in [0.29, 0.717) is 19.2 Å². The van der Waals surface area contributed by atoms with Gasteiger partial charge >= 0.3 is 0 Å². The summed E-state index contributed by atoms with van der Waals surface area (Å²) in [5.41, 5.74) is -0.669. The Hall–Kier alpha value is -0.120. The zero-order chi connectivity index (χ0) is 9.03. The summed E-state index contributed by atoms with van der Waals surface area (Å²) in [6.45, 7) is 3.05. The molecule has 1 atom stereocenters. The van der Waals surface area contributed by atoms with Crippen molar-refractivity contribution in [1.29, 1.82) is 0 Å². The Morgan fingerprint density at radius 1 is 1.58 bits per heavy atom. The molecule has 1 saturated carbocycles. The predicted octanol–water partition coefficient (Wildman–Crippen LogP) is 0.526. The zero-order valence-electron chi connectivity index (χ0n) is 7.97. The van der Waals surface area contributed by atoms with Crippen LogP contribution in [0.5, 0.6) is 0 Å². The topological polar surface area (TPSA) is 41.5 Å². The molecule has 3 nitrogen and oxygen atoms in total. The van der Waals surface area contributed by atoms with Crippen molar-refractivity contribution in [1.82, 2.24) is 5.32 Å². The van der Waals surface area contributed by atoms with Gasteiger partial charge in [0.2, 0.25) is 0 Å². The Bertz CT molecular complexity index is 136. The number of hydrogen-bond acceptors (Lipinski definition) is 3. The minimum Gasteiger partial charge on any atom is -0.386 e. The van der Waals surface area contributed by atoms with Crippen LogP contribution in [0.4, 0.5) is 0 Å². The highest BCUT2D eigenvalue weighted by Crippen LogP contribution is 2.20. The number of aliphatic hydroxyl groups is 1. The van der Waals surface area contributed by atoms with Crippen molar-refractivity contribution in [2.45, 2.75) is 37.8 Å². The van der Waals surface area contributed by atoms with Gasteiger partial charge in [-0.2, -0.15) is 0 Å². The highest BCUT2D eigenvalue weighted by atomic mass is 16.5. The summed E-state index contributed by atoms with van der Waals surface area (Å²) in [7, 11) is 1.62. The number of nitrogens with one attached hydrogen (secondary N) is 1. The lowest BCUT2D eigenvalue weighted by Crippen LogP contribution is -2.44. The van der Waals surface area contributed by atoms with Crippen molar-refractivity contribution in [3.05, 3.63) is 0 Å². The van der Waals surface area contributed by atoms with Crippen LogP contribution in [-0.4, -0.2) is 37.0 Å². The minimum atomic E-state index is -0.669. The molecule has 1 aliphatic rings. The highest BCUT2D eigenvalue weighted by Gasteiger charge is 2.28. The molecule has 1 unspecified atom stereocenters. The van der Waals surface area contributed by atoms with E-state index in [0.717, 1.165) is 6.42 Å². The van der Waals surface area contributed by atoms with Crippen LogP contribution in [0.3, 0.4) is 0 Å². The van der Waals surface area contributed by atoms with E-state index in [1.54, 1.807) is 7.11 Å². The summed E-state index contributed by atoms with van der Waals surface area (Å²) < 4.78 is 4.96. The molecule has 1 rings (SSSR count). The van der Waals surface area contributed by atoms with Crippen LogP contribution in [0, 0.1) is 0 Å². The molecule has 0 amide bonds. The Kier molecular flexibility index (Phi) is 3.50. The Morgan fingerprint density at radius 3 is 2.67 bits per heavy atom. The molecule has 0 radical (unpaired) electrons. The molecule has 0 aromatic rings. The minimum absolute atomic E-state index is 0.420. The molecule has 1 fully saturated rings. The maximum Gasteiger partial charge on any atom is 0.100 e. The molecule has 1 aliphatic carbocycles. The van der Waals surface area contributed by atoms with E-state index in [9.17, 15) is 5.11 Å². The summed E-state index contributed by atoms with van der Waals surface area (Å²) in [6, 6.07) is 0.653. The number of methoxy groups -OCH3 is 1. The van der Waals surface area contributed by atoms with E-state index in [1.165, 1.54) is 12.8 Å². The molecule has 0 saturated heterocycles. The normalized spacial score (nSPS) is 22.2. The monoisotopic (exact) mass is 173 g/mol. The first-order valence-electron chi connectivity index (χ1n) is 4.65. The van der Waals surface area contributed by atoms with E-state index in [2.05, 4.69) is 5.32 Å². The van der Waals surface area contributed by atoms with Crippen LogP contribution < -0.4 is 5.32 Å². The van der Waals surface area contributed by atoms with Crippen LogP contribution in [0.15, 0.2) is 0 Å². The molecule has 3 heteroatoms. The van der Waals surface area contributed by atoms with Gasteiger partial charge in [0.05, 0.1) is 6.61 Å². The second-order valence-electron chi connectivity index (χ2n) is 3.67. The summed E-state index contributed by atoms with van der Waals surface area (Å²) in [4.78, 5) is 0. The van der Waals surface area contributed by atoms with E-state index in [-0.39, 0.29) is 0 Å². The van der Waals surface area contributed by atoms with E-state index < -0.39 is 5.60 Å². The fourth-order valence-corrected chi connectivity index (χ4v) is 1.17. The molecule has 72 valence electrons. The van der Waals surface area contributed by atoms with Crippen molar-refractivity contribution in [2.24, 2.45) is 0 Å². The second kappa shape index (κ2) is 4.21. The van der Waals surface area contributed by atoms with E-state index in [1.807, 2.05) is 6.92 Å². The quantitative estimate of drug-likeness (QED) is 0.615. The van der Waals surface area contributed by atoms with Crippen LogP contribution in [0.2, 0.25) is 0 Å². The van der Waals surface area contributed by atoms with Gasteiger partial charge in [-0.25, -0.2) is 0 Å². The summed E-state index contributed by atoms with van der Waals surface area (Å²) in [6.07, 6.45) is 3.25. The van der Waals surface area contributed by atoms with Gasteiger partial charge in [-0.1, -0.05) is 6.92 Å². The third-order valence-electron chi connectivity index (χ3n) is 2.37. The molecule has 0 heterocycles. The van der Waals surface area contributed by atoms with E-state index in [4.69, 9.17) is 4.74 Å². The van der Waals surface area contributed by atoms with Crippen LogP contribution in [0.1, 0.15) is 26.2 Å². The fraction of sp³-hybridized carbons (Fsp3) is 1.00. The summed E-state index contributed by atoms with van der Waals surface area (Å²) in [5, 5.41) is 13.2. The summed E-state index contributed by atoms with van der Waals surface area (Å²) >= 11 is 0. The molecule has 0 aromatic carbocycles. The maximum atomic E-state index is 9.91. The van der Waals surface area contributed by atoms with Gasteiger partial charge in [0.15, 0.2) is 0 Å². The largest absolute Gasteiger partial charge is 0.386 e. The maximum absolute atomic E-state index is 9.91. The second-order valence-corrected chi connectivity index (χ2v) is 3.67. The molecule has 0 aromatic heterocycles. The van der Waals surface area contributed by atoms with Crippen LogP contribution in [-0.2, 0) is 4.74 Å². The molecule has 12 heavy (non-hydrogen) atoms. The third-order valence-corrected chi connectivity index (χ3v) is 2.37. The van der Waals surface area contributed by atoms with Crippen LogP contribution in [0.25, 0.3) is 0 Å². The van der Waals surface area contributed by atoms with E-state index >= 15 is 0 Å². The van der Waals surface area contributed by atoms with Gasteiger partial charge in [0.25, 0.3) is 0 Å². The number of rotatable bonds is 6. The van der Waals surface area contributed by atoms with Crippen molar-refractivity contribution in [3.8, 4) is 0 Å². The first-order chi connectivity index (χ1) is 5.70. The zero-order valence-corrected chi connectivity index (χ0v) is 7.97. The standard InChI is InChI=1S/C9H19NO2/c1-3-9(11,7-12-2)6-10-8-4-5-8/h8,10-11H,3-7H2,1-2H3. The molecule has 0 aliphatic heterocycles. The molecule has 0 bridgehead atoms. The van der Waals surface area contributed by atoms with Gasteiger partial charge in [-0.15, -0.1) is 0 Å². The van der Waals surface area contributed by atoms with Gasteiger partial charge in [0, 0.05) is 19.7 Å². The van der Waals surface area contributed by atoms with Gasteiger partial charge in [0.1, 0.15) is 5.60 Å². The third kappa shape index (κ3) is 3.09. The lowest BCUT2D eigenvalue weighted by atomic mass is 10.0. The number of ether oxygens (including phenoxy) is 1.